The highest BCUT2D eigenvalue weighted by Gasteiger charge is 2.22. The van der Waals surface area contributed by atoms with Crippen molar-refractivity contribution in [2.24, 2.45) is 0 Å². The summed E-state index contributed by atoms with van der Waals surface area (Å²) in [6.45, 7) is 9.66. The lowest BCUT2D eigenvalue weighted by Crippen LogP contribution is -2.28. The van der Waals surface area contributed by atoms with Crippen molar-refractivity contribution in [2.45, 2.75) is 46.1 Å². The minimum absolute atomic E-state index is 0.277. The van der Waals surface area contributed by atoms with Crippen LogP contribution in [0.3, 0.4) is 0 Å². The van der Waals surface area contributed by atoms with E-state index in [1.807, 2.05) is 46.8 Å². The predicted octanol–water partition coefficient (Wildman–Crippen LogP) is 4.16. The fourth-order valence-corrected chi connectivity index (χ4v) is 1.86. The zero-order chi connectivity index (χ0) is 12.5. The molecule has 0 amide bonds. The van der Waals surface area contributed by atoms with E-state index in [1.165, 1.54) is 0 Å². The maximum atomic E-state index is 12.0. The Morgan fingerprint density at radius 2 is 1.94 bits per heavy atom. The Morgan fingerprint density at radius 3 is 2.38 bits per heavy atom. The summed E-state index contributed by atoms with van der Waals surface area (Å²) < 4.78 is 7.64. The van der Waals surface area contributed by atoms with Crippen molar-refractivity contribution >= 4 is 22.0 Å². The largest absolute Gasteiger partial charge is 0.443 e. The standard InChI is InChI=1S/C12H18BrNO2/c1-8(2)9-6-7-10(13)14(9)11(15)16-12(3,4)5/h6-8H,1-5H3. The smallest absolute Gasteiger partial charge is 0.419 e. The number of rotatable bonds is 1. The van der Waals surface area contributed by atoms with Crippen LogP contribution in [0.2, 0.25) is 0 Å². The van der Waals surface area contributed by atoms with Gasteiger partial charge in [-0.1, -0.05) is 13.8 Å². The second-order valence-corrected chi connectivity index (χ2v) is 5.86. The first-order valence-electron chi connectivity index (χ1n) is 5.33. The summed E-state index contributed by atoms with van der Waals surface area (Å²) in [5.41, 5.74) is 0.468. The first-order valence-corrected chi connectivity index (χ1v) is 6.12. The van der Waals surface area contributed by atoms with E-state index in [-0.39, 0.29) is 12.0 Å². The predicted molar refractivity (Wildman–Crippen MR) is 67.9 cm³/mol. The van der Waals surface area contributed by atoms with Crippen LogP contribution in [0.4, 0.5) is 4.79 Å². The van der Waals surface area contributed by atoms with E-state index in [1.54, 1.807) is 4.57 Å². The number of carbonyl (C=O) groups is 1. The van der Waals surface area contributed by atoms with Gasteiger partial charge in [-0.25, -0.2) is 9.36 Å². The van der Waals surface area contributed by atoms with Crippen LogP contribution in [0.1, 0.15) is 46.2 Å². The normalized spacial score (nSPS) is 11.9. The lowest BCUT2D eigenvalue weighted by atomic mass is 10.1. The van der Waals surface area contributed by atoms with Gasteiger partial charge >= 0.3 is 6.09 Å². The van der Waals surface area contributed by atoms with E-state index in [2.05, 4.69) is 15.9 Å². The second-order valence-electron chi connectivity index (χ2n) is 5.05. The first kappa shape index (κ1) is 13.3. The molecular weight excluding hydrogens is 270 g/mol. The van der Waals surface area contributed by atoms with Gasteiger partial charge in [0.15, 0.2) is 0 Å². The molecule has 0 saturated carbocycles. The van der Waals surface area contributed by atoms with E-state index in [9.17, 15) is 4.79 Å². The number of carbonyl (C=O) groups excluding carboxylic acids is 1. The third kappa shape index (κ3) is 3.11. The molecule has 1 aromatic heterocycles. The molecule has 0 aromatic carbocycles. The Bertz CT molecular complexity index is 388. The SMILES string of the molecule is CC(C)c1ccc(Br)n1C(=O)OC(C)(C)C. The summed E-state index contributed by atoms with van der Waals surface area (Å²) in [5, 5.41) is 0. The quantitative estimate of drug-likeness (QED) is 0.777. The summed E-state index contributed by atoms with van der Waals surface area (Å²) in [7, 11) is 0. The lowest BCUT2D eigenvalue weighted by Gasteiger charge is -2.21. The third-order valence-electron chi connectivity index (χ3n) is 2.03. The van der Waals surface area contributed by atoms with Gasteiger partial charge < -0.3 is 4.74 Å². The van der Waals surface area contributed by atoms with Crippen LogP contribution in [0.15, 0.2) is 16.7 Å². The second kappa shape index (κ2) is 4.62. The van der Waals surface area contributed by atoms with Crippen LogP contribution in [0.5, 0.6) is 0 Å². The highest BCUT2D eigenvalue weighted by molar-refractivity contribution is 9.10. The molecule has 0 aliphatic heterocycles. The van der Waals surface area contributed by atoms with Crippen molar-refractivity contribution < 1.29 is 9.53 Å². The summed E-state index contributed by atoms with van der Waals surface area (Å²) in [5.74, 6) is 0.277. The molecule has 0 fully saturated rings. The maximum absolute atomic E-state index is 12.0. The molecule has 0 saturated heterocycles. The average Bonchev–Trinajstić information content (AvgIpc) is 2.43. The van der Waals surface area contributed by atoms with Crippen LogP contribution in [0.25, 0.3) is 0 Å². The molecule has 0 N–H and O–H groups in total. The topological polar surface area (TPSA) is 31.2 Å². The summed E-state index contributed by atoms with van der Waals surface area (Å²) in [4.78, 5) is 12.0. The zero-order valence-corrected chi connectivity index (χ0v) is 12.0. The monoisotopic (exact) mass is 287 g/mol. The van der Waals surface area contributed by atoms with Crippen LogP contribution in [-0.2, 0) is 4.74 Å². The van der Waals surface area contributed by atoms with Gasteiger partial charge in [-0.2, -0.15) is 0 Å². The van der Waals surface area contributed by atoms with Crippen molar-refractivity contribution in [3.8, 4) is 0 Å². The number of hydrogen-bond donors (Lipinski definition) is 0. The van der Waals surface area contributed by atoms with E-state index in [0.717, 1.165) is 10.3 Å². The molecule has 90 valence electrons. The minimum Gasteiger partial charge on any atom is -0.443 e. The number of hydrogen-bond acceptors (Lipinski definition) is 2. The lowest BCUT2D eigenvalue weighted by molar-refractivity contribution is 0.0528. The molecule has 4 heteroatoms. The number of ether oxygens (including phenoxy) is 1. The van der Waals surface area contributed by atoms with Crippen molar-refractivity contribution in [1.82, 2.24) is 4.57 Å². The Balaban J connectivity index is 3.03. The Labute approximate surface area is 105 Å². The Hall–Kier alpha value is -0.770. The Kier molecular flexibility index (Phi) is 3.84. The molecule has 16 heavy (non-hydrogen) atoms. The van der Waals surface area contributed by atoms with Gasteiger partial charge in [-0.05, 0) is 54.8 Å². The van der Waals surface area contributed by atoms with Gasteiger partial charge in [0.2, 0.25) is 0 Å². The van der Waals surface area contributed by atoms with Crippen LogP contribution in [-0.4, -0.2) is 16.3 Å². The molecule has 0 aliphatic carbocycles. The fourth-order valence-electron chi connectivity index (χ4n) is 1.38. The fraction of sp³-hybridized carbons (Fsp3) is 0.583. The molecule has 0 spiro atoms. The maximum Gasteiger partial charge on any atom is 0.419 e. The van der Waals surface area contributed by atoms with E-state index in [0.29, 0.717) is 0 Å². The van der Waals surface area contributed by atoms with Crippen LogP contribution in [0, 0.1) is 0 Å². The van der Waals surface area contributed by atoms with Crippen molar-refractivity contribution in [2.75, 3.05) is 0 Å². The van der Waals surface area contributed by atoms with E-state index in [4.69, 9.17) is 4.74 Å². The molecule has 0 bridgehead atoms. The van der Waals surface area contributed by atoms with Gasteiger partial charge in [0.1, 0.15) is 5.60 Å². The molecule has 1 heterocycles. The van der Waals surface area contributed by atoms with Gasteiger partial charge in [-0.3, -0.25) is 0 Å². The highest BCUT2D eigenvalue weighted by Crippen LogP contribution is 2.23. The molecule has 0 atom stereocenters. The molecule has 1 aromatic rings. The molecule has 1 rings (SSSR count). The van der Waals surface area contributed by atoms with Crippen molar-refractivity contribution in [3.63, 3.8) is 0 Å². The zero-order valence-electron chi connectivity index (χ0n) is 10.4. The number of nitrogens with zero attached hydrogens (tertiary/aromatic N) is 1. The van der Waals surface area contributed by atoms with Gasteiger partial charge in [-0.15, -0.1) is 0 Å². The number of aromatic nitrogens is 1. The van der Waals surface area contributed by atoms with Gasteiger partial charge in [0, 0.05) is 5.69 Å². The van der Waals surface area contributed by atoms with Gasteiger partial charge in [0.05, 0.1) is 4.60 Å². The molecule has 0 radical (unpaired) electrons. The molecular formula is C12H18BrNO2. The molecule has 3 nitrogen and oxygen atoms in total. The molecule has 0 unspecified atom stereocenters. The van der Waals surface area contributed by atoms with E-state index < -0.39 is 5.60 Å². The first-order chi connectivity index (χ1) is 7.22. The van der Waals surface area contributed by atoms with Crippen LogP contribution >= 0.6 is 15.9 Å². The van der Waals surface area contributed by atoms with E-state index >= 15 is 0 Å². The summed E-state index contributed by atoms with van der Waals surface area (Å²) >= 11 is 3.36. The molecule has 0 aliphatic rings. The summed E-state index contributed by atoms with van der Waals surface area (Å²) in [6.07, 6.45) is -0.340. The minimum atomic E-state index is -0.477. The Morgan fingerprint density at radius 1 is 1.38 bits per heavy atom. The number of halogens is 1. The third-order valence-corrected chi connectivity index (χ3v) is 2.65. The van der Waals surface area contributed by atoms with Crippen molar-refractivity contribution in [3.05, 3.63) is 22.4 Å². The van der Waals surface area contributed by atoms with Gasteiger partial charge in [0.25, 0.3) is 0 Å². The highest BCUT2D eigenvalue weighted by atomic mass is 79.9. The summed E-state index contributed by atoms with van der Waals surface area (Å²) in [6, 6.07) is 3.79. The van der Waals surface area contributed by atoms with Crippen LogP contribution < -0.4 is 0 Å². The average molecular weight is 288 g/mol. The van der Waals surface area contributed by atoms with Crippen molar-refractivity contribution in [1.29, 1.82) is 0 Å².